The first kappa shape index (κ1) is 11.0. The maximum atomic E-state index is 10.8. The van der Waals surface area contributed by atoms with Gasteiger partial charge in [-0.15, -0.1) is 0 Å². The molecule has 0 aliphatic carbocycles. The van der Waals surface area contributed by atoms with Gasteiger partial charge in [-0.2, -0.15) is 0 Å². The third kappa shape index (κ3) is 2.03. The van der Waals surface area contributed by atoms with Gasteiger partial charge in [0.25, 0.3) is 5.91 Å². The summed E-state index contributed by atoms with van der Waals surface area (Å²) in [6, 6.07) is 4.90. The number of benzene rings is 1. The highest BCUT2D eigenvalue weighted by molar-refractivity contribution is 6.42. The zero-order valence-electron chi connectivity index (χ0n) is 7.91. The number of carbonyl (C=O) groups is 1. The summed E-state index contributed by atoms with van der Waals surface area (Å²) in [5.41, 5.74) is 5.75. The number of amides is 1. The van der Waals surface area contributed by atoms with Gasteiger partial charge in [-0.3, -0.25) is 4.79 Å². The SMILES string of the molecule is NC(=O)c1coc(-c2ccc(Cl)c(Cl)c2)n1. The molecule has 0 spiro atoms. The molecule has 6 heteroatoms. The van der Waals surface area contributed by atoms with E-state index < -0.39 is 5.91 Å². The summed E-state index contributed by atoms with van der Waals surface area (Å²) in [6.45, 7) is 0. The van der Waals surface area contributed by atoms with E-state index in [4.69, 9.17) is 33.4 Å². The van der Waals surface area contributed by atoms with Crippen LogP contribution < -0.4 is 5.73 Å². The Balaban J connectivity index is 2.42. The molecule has 16 heavy (non-hydrogen) atoms. The quantitative estimate of drug-likeness (QED) is 0.899. The van der Waals surface area contributed by atoms with Gasteiger partial charge in [0.1, 0.15) is 6.26 Å². The Morgan fingerprint density at radius 3 is 2.62 bits per heavy atom. The molecule has 0 radical (unpaired) electrons. The average molecular weight is 257 g/mol. The highest BCUT2D eigenvalue weighted by atomic mass is 35.5. The van der Waals surface area contributed by atoms with Crippen molar-refractivity contribution in [3.8, 4) is 11.5 Å². The smallest absolute Gasteiger partial charge is 0.270 e. The fourth-order valence-corrected chi connectivity index (χ4v) is 1.45. The van der Waals surface area contributed by atoms with Crippen molar-refractivity contribution in [2.45, 2.75) is 0 Å². The lowest BCUT2D eigenvalue weighted by atomic mass is 10.2. The standard InChI is InChI=1S/C10H6Cl2N2O2/c11-6-2-1-5(3-7(6)12)10-14-8(4-16-10)9(13)15/h1-4H,(H2,13,15). The summed E-state index contributed by atoms with van der Waals surface area (Å²) in [6.07, 6.45) is 1.19. The van der Waals surface area contributed by atoms with Crippen molar-refractivity contribution >= 4 is 29.1 Å². The van der Waals surface area contributed by atoms with Crippen molar-refractivity contribution in [2.24, 2.45) is 5.73 Å². The molecular formula is C10H6Cl2N2O2. The first-order valence-corrected chi connectivity index (χ1v) is 5.04. The molecule has 0 bridgehead atoms. The van der Waals surface area contributed by atoms with Crippen LogP contribution in [0.3, 0.4) is 0 Å². The van der Waals surface area contributed by atoms with E-state index in [-0.39, 0.29) is 11.6 Å². The number of rotatable bonds is 2. The van der Waals surface area contributed by atoms with Gasteiger partial charge >= 0.3 is 0 Å². The summed E-state index contributed by atoms with van der Waals surface area (Å²) in [7, 11) is 0. The number of hydrogen-bond acceptors (Lipinski definition) is 3. The molecule has 1 aromatic heterocycles. The molecule has 0 fully saturated rings. The predicted octanol–water partition coefficient (Wildman–Crippen LogP) is 2.75. The largest absolute Gasteiger partial charge is 0.444 e. The number of primary amides is 1. The highest BCUT2D eigenvalue weighted by Crippen LogP contribution is 2.27. The topological polar surface area (TPSA) is 69.1 Å². The van der Waals surface area contributed by atoms with Crippen LogP contribution in [0.1, 0.15) is 10.5 Å². The van der Waals surface area contributed by atoms with E-state index in [1.165, 1.54) is 6.26 Å². The molecule has 0 atom stereocenters. The van der Waals surface area contributed by atoms with Gasteiger partial charge in [0.2, 0.25) is 5.89 Å². The zero-order chi connectivity index (χ0) is 11.7. The van der Waals surface area contributed by atoms with E-state index in [0.717, 1.165) is 0 Å². The third-order valence-electron chi connectivity index (χ3n) is 1.92. The Labute approximate surface area is 101 Å². The van der Waals surface area contributed by atoms with Crippen molar-refractivity contribution in [1.82, 2.24) is 4.98 Å². The van der Waals surface area contributed by atoms with Gasteiger partial charge in [-0.25, -0.2) is 4.98 Å². The second-order valence-corrected chi connectivity index (χ2v) is 3.85. The molecule has 4 nitrogen and oxygen atoms in total. The highest BCUT2D eigenvalue weighted by Gasteiger charge is 2.11. The van der Waals surface area contributed by atoms with Gasteiger partial charge < -0.3 is 10.2 Å². The Kier molecular flexibility index (Phi) is 2.85. The molecule has 2 aromatic rings. The second-order valence-electron chi connectivity index (χ2n) is 3.03. The second kappa shape index (κ2) is 4.15. The van der Waals surface area contributed by atoms with E-state index in [2.05, 4.69) is 4.98 Å². The molecule has 0 aliphatic rings. The van der Waals surface area contributed by atoms with Gasteiger partial charge in [0.05, 0.1) is 10.0 Å². The van der Waals surface area contributed by atoms with Gasteiger partial charge in [0, 0.05) is 5.56 Å². The van der Waals surface area contributed by atoms with Crippen LogP contribution in [-0.4, -0.2) is 10.9 Å². The third-order valence-corrected chi connectivity index (χ3v) is 2.66. The van der Waals surface area contributed by atoms with Crippen molar-refractivity contribution in [3.63, 3.8) is 0 Å². The maximum absolute atomic E-state index is 10.8. The van der Waals surface area contributed by atoms with Gasteiger partial charge in [-0.05, 0) is 18.2 Å². The number of nitrogens with zero attached hydrogens (tertiary/aromatic N) is 1. The van der Waals surface area contributed by atoms with Crippen molar-refractivity contribution in [3.05, 3.63) is 40.2 Å². The minimum atomic E-state index is -0.643. The number of hydrogen-bond donors (Lipinski definition) is 1. The summed E-state index contributed by atoms with van der Waals surface area (Å²) < 4.78 is 5.09. The Morgan fingerprint density at radius 2 is 2.06 bits per heavy atom. The molecule has 0 aliphatic heterocycles. The lowest BCUT2D eigenvalue weighted by molar-refractivity contribution is 0.0995. The van der Waals surface area contributed by atoms with Crippen LogP contribution in [-0.2, 0) is 0 Å². The average Bonchev–Trinajstić information content (AvgIpc) is 2.71. The summed E-state index contributed by atoms with van der Waals surface area (Å²) in [5, 5.41) is 0.824. The predicted molar refractivity (Wildman–Crippen MR) is 60.5 cm³/mol. The van der Waals surface area contributed by atoms with Crippen molar-refractivity contribution in [1.29, 1.82) is 0 Å². The molecule has 1 heterocycles. The number of oxazole rings is 1. The van der Waals surface area contributed by atoms with Gasteiger partial charge in [0.15, 0.2) is 5.69 Å². The fraction of sp³-hybridized carbons (Fsp3) is 0. The first-order chi connectivity index (χ1) is 7.58. The minimum absolute atomic E-state index is 0.0704. The molecular weight excluding hydrogens is 251 g/mol. The molecule has 1 amide bonds. The molecule has 0 saturated heterocycles. The lowest BCUT2D eigenvalue weighted by Gasteiger charge is -1.97. The number of aromatic nitrogens is 1. The van der Waals surface area contributed by atoms with Crippen LogP contribution in [0, 0.1) is 0 Å². The van der Waals surface area contributed by atoms with Crippen LogP contribution >= 0.6 is 23.2 Å². The van der Waals surface area contributed by atoms with Crippen molar-refractivity contribution < 1.29 is 9.21 Å². The Morgan fingerprint density at radius 1 is 1.31 bits per heavy atom. The normalized spacial score (nSPS) is 10.4. The number of halogens is 2. The Bertz CT molecular complexity index is 552. The van der Waals surface area contributed by atoms with E-state index in [1.54, 1.807) is 18.2 Å². The van der Waals surface area contributed by atoms with Crippen molar-refractivity contribution in [2.75, 3.05) is 0 Å². The van der Waals surface area contributed by atoms with E-state index in [0.29, 0.717) is 15.6 Å². The number of nitrogens with two attached hydrogens (primary N) is 1. The van der Waals surface area contributed by atoms with Crippen LogP contribution in [0.4, 0.5) is 0 Å². The summed E-state index contributed by atoms with van der Waals surface area (Å²) in [5.74, 6) is -0.373. The molecule has 2 rings (SSSR count). The molecule has 0 unspecified atom stereocenters. The van der Waals surface area contributed by atoms with Crippen LogP contribution in [0.2, 0.25) is 10.0 Å². The summed E-state index contributed by atoms with van der Waals surface area (Å²) >= 11 is 11.6. The molecule has 2 N–H and O–H groups in total. The fourth-order valence-electron chi connectivity index (χ4n) is 1.15. The minimum Gasteiger partial charge on any atom is -0.444 e. The monoisotopic (exact) mass is 256 g/mol. The Hall–Kier alpha value is -1.52. The number of carbonyl (C=O) groups excluding carboxylic acids is 1. The first-order valence-electron chi connectivity index (χ1n) is 4.28. The van der Waals surface area contributed by atoms with E-state index in [9.17, 15) is 4.79 Å². The zero-order valence-corrected chi connectivity index (χ0v) is 9.42. The van der Waals surface area contributed by atoms with Crippen LogP contribution in [0.15, 0.2) is 28.9 Å². The molecule has 1 aromatic carbocycles. The maximum Gasteiger partial charge on any atom is 0.270 e. The lowest BCUT2D eigenvalue weighted by Crippen LogP contribution is -2.10. The van der Waals surface area contributed by atoms with Crippen LogP contribution in [0.25, 0.3) is 11.5 Å². The van der Waals surface area contributed by atoms with E-state index in [1.807, 2.05) is 0 Å². The summed E-state index contributed by atoms with van der Waals surface area (Å²) in [4.78, 5) is 14.7. The van der Waals surface area contributed by atoms with Gasteiger partial charge in [-0.1, -0.05) is 23.2 Å². The van der Waals surface area contributed by atoms with Crippen LogP contribution in [0.5, 0.6) is 0 Å². The molecule has 82 valence electrons. The molecule has 0 saturated carbocycles. The van der Waals surface area contributed by atoms with E-state index >= 15 is 0 Å².